The Bertz CT molecular complexity index is 675. The zero-order chi connectivity index (χ0) is 14.9. The number of benzene rings is 1. The van der Waals surface area contributed by atoms with Crippen molar-refractivity contribution in [2.75, 3.05) is 20.1 Å². The Hall–Kier alpha value is -1.94. The normalized spacial score (nSPS) is 19.4. The average molecular weight is 295 g/mol. The van der Waals surface area contributed by atoms with E-state index in [9.17, 15) is 0 Å². The largest absolute Gasteiger partial charge is 0.420 e. The van der Waals surface area contributed by atoms with Crippen molar-refractivity contribution in [3.8, 4) is 0 Å². The van der Waals surface area contributed by atoms with Crippen molar-refractivity contribution in [2.45, 2.75) is 31.6 Å². The van der Waals surface area contributed by atoms with Crippen molar-refractivity contribution < 1.29 is 4.42 Å². The van der Waals surface area contributed by atoms with E-state index < -0.39 is 0 Å². The van der Waals surface area contributed by atoms with Crippen LogP contribution in [0.15, 0.2) is 40.3 Å². The van der Waals surface area contributed by atoms with Crippen LogP contribution >= 0.6 is 0 Å². The lowest BCUT2D eigenvalue weighted by molar-refractivity contribution is 0.312. The highest BCUT2D eigenvalue weighted by Gasteiger charge is 2.30. The molecule has 1 aliphatic carbocycles. The molecule has 2 heterocycles. The molecule has 0 spiro atoms. The number of piperidine rings is 1. The van der Waals surface area contributed by atoms with Crippen molar-refractivity contribution in [1.29, 1.82) is 0 Å². The van der Waals surface area contributed by atoms with Crippen molar-refractivity contribution in [1.82, 2.24) is 15.1 Å². The average Bonchev–Trinajstić information content (AvgIpc) is 3.30. The second-order valence-electron chi connectivity index (χ2n) is 6.37. The van der Waals surface area contributed by atoms with Gasteiger partial charge in [0.25, 0.3) is 0 Å². The Balaban J connectivity index is 1.75. The van der Waals surface area contributed by atoms with E-state index in [2.05, 4.69) is 46.4 Å². The topological polar surface area (TPSA) is 42.2 Å². The van der Waals surface area contributed by atoms with E-state index >= 15 is 0 Å². The summed E-state index contributed by atoms with van der Waals surface area (Å²) in [5.41, 5.74) is 3.79. The number of aromatic nitrogens is 2. The van der Waals surface area contributed by atoms with Gasteiger partial charge < -0.3 is 9.32 Å². The van der Waals surface area contributed by atoms with Gasteiger partial charge in [0.15, 0.2) is 0 Å². The molecule has 2 aromatic rings. The molecule has 0 radical (unpaired) electrons. The van der Waals surface area contributed by atoms with Crippen LogP contribution < -0.4 is 0 Å². The lowest BCUT2D eigenvalue weighted by Gasteiger charge is -2.25. The first kappa shape index (κ1) is 13.7. The Morgan fingerprint density at radius 1 is 1.09 bits per heavy atom. The first-order chi connectivity index (χ1) is 10.8. The minimum atomic E-state index is 0.501. The lowest BCUT2D eigenvalue weighted by Crippen LogP contribution is -2.27. The Kier molecular flexibility index (Phi) is 3.54. The van der Waals surface area contributed by atoms with Crippen LogP contribution in [-0.2, 0) is 0 Å². The van der Waals surface area contributed by atoms with E-state index in [4.69, 9.17) is 4.42 Å². The maximum atomic E-state index is 6.01. The number of hydrogen-bond acceptors (Lipinski definition) is 4. The lowest BCUT2D eigenvalue weighted by atomic mass is 9.93. The smallest absolute Gasteiger partial charge is 0.248 e. The van der Waals surface area contributed by atoms with Crippen LogP contribution in [0.1, 0.15) is 48.9 Å². The van der Waals surface area contributed by atoms with Crippen molar-refractivity contribution in [2.24, 2.45) is 0 Å². The first-order valence-electron chi connectivity index (χ1n) is 8.11. The molecule has 114 valence electrons. The molecule has 0 atom stereocenters. The third-order valence-electron chi connectivity index (χ3n) is 4.59. The van der Waals surface area contributed by atoms with Gasteiger partial charge in [-0.25, -0.2) is 0 Å². The highest BCUT2D eigenvalue weighted by molar-refractivity contribution is 5.78. The quantitative estimate of drug-likeness (QED) is 0.869. The molecule has 1 aromatic carbocycles. The van der Waals surface area contributed by atoms with E-state index in [1.807, 2.05) is 6.07 Å². The summed E-state index contributed by atoms with van der Waals surface area (Å²) in [5.74, 6) is 2.02. The predicted molar refractivity (Wildman–Crippen MR) is 85.5 cm³/mol. The van der Waals surface area contributed by atoms with E-state index in [1.54, 1.807) is 0 Å². The van der Waals surface area contributed by atoms with E-state index in [-0.39, 0.29) is 0 Å². The molecule has 4 rings (SSSR count). The first-order valence-corrected chi connectivity index (χ1v) is 8.11. The third kappa shape index (κ3) is 2.71. The van der Waals surface area contributed by atoms with Crippen LogP contribution in [0, 0.1) is 0 Å². The monoisotopic (exact) mass is 295 g/mol. The van der Waals surface area contributed by atoms with Crippen molar-refractivity contribution in [3.63, 3.8) is 0 Å². The summed E-state index contributed by atoms with van der Waals surface area (Å²) >= 11 is 0. The highest BCUT2D eigenvalue weighted by Crippen LogP contribution is 2.40. The fourth-order valence-electron chi connectivity index (χ4n) is 3.05. The molecule has 0 N–H and O–H groups in total. The Labute approximate surface area is 130 Å². The number of likely N-dealkylation sites (tertiary alicyclic amines) is 1. The second kappa shape index (κ2) is 5.69. The van der Waals surface area contributed by atoms with Gasteiger partial charge in [-0.3, -0.25) is 0 Å². The van der Waals surface area contributed by atoms with Crippen LogP contribution in [0.3, 0.4) is 0 Å². The number of hydrogen-bond donors (Lipinski definition) is 0. The summed E-state index contributed by atoms with van der Waals surface area (Å²) < 4.78 is 6.01. The van der Waals surface area contributed by atoms with Crippen LogP contribution in [0.2, 0.25) is 0 Å². The van der Waals surface area contributed by atoms with Gasteiger partial charge >= 0.3 is 0 Å². The highest BCUT2D eigenvalue weighted by atomic mass is 16.4. The number of nitrogens with zero attached hydrogens (tertiary/aromatic N) is 3. The molecule has 0 bridgehead atoms. The third-order valence-corrected chi connectivity index (χ3v) is 4.59. The molecule has 2 fully saturated rings. The fourth-order valence-corrected chi connectivity index (χ4v) is 3.05. The van der Waals surface area contributed by atoms with E-state index in [0.717, 1.165) is 37.4 Å². The van der Waals surface area contributed by atoms with Gasteiger partial charge in [-0.15, -0.1) is 10.2 Å². The molecule has 2 aliphatic rings. The van der Waals surface area contributed by atoms with Gasteiger partial charge in [-0.1, -0.05) is 35.9 Å². The van der Waals surface area contributed by atoms with Crippen LogP contribution in [0.4, 0.5) is 0 Å². The van der Waals surface area contributed by atoms with Gasteiger partial charge in [-0.05, 0) is 38.3 Å². The molecular formula is C18H21N3O. The van der Waals surface area contributed by atoms with Crippen molar-refractivity contribution in [3.05, 3.63) is 53.2 Å². The zero-order valence-electron chi connectivity index (χ0n) is 13.0. The van der Waals surface area contributed by atoms with Gasteiger partial charge in [0.2, 0.25) is 11.8 Å². The molecule has 4 nitrogen and oxygen atoms in total. The minimum absolute atomic E-state index is 0.501. The zero-order valence-corrected chi connectivity index (χ0v) is 13.0. The van der Waals surface area contributed by atoms with Gasteiger partial charge in [0.1, 0.15) is 0 Å². The molecule has 0 amide bonds. The summed E-state index contributed by atoms with van der Waals surface area (Å²) in [7, 11) is 2.18. The van der Waals surface area contributed by atoms with Gasteiger partial charge in [0, 0.05) is 24.6 Å². The molecular weight excluding hydrogens is 274 g/mol. The maximum absolute atomic E-state index is 6.01. The summed E-state index contributed by atoms with van der Waals surface area (Å²) in [6.45, 7) is 2.19. The molecule has 1 saturated carbocycles. The number of rotatable bonds is 3. The molecule has 1 aliphatic heterocycles. The van der Waals surface area contributed by atoms with E-state index in [0.29, 0.717) is 11.8 Å². The molecule has 22 heavy (non-hydrogen) atoms. The fraction of sp³-hybridized carbons (Fsp3) is 0.444. The van der Waals surface area contributed by atoms with Crippen LogP contribution in [-0.4, -0.2) is 35.2 Å². The molecule has 4 heteroatoms. The summed E-state index contributed by atoms with van der Waals surface area (Å²) in [5, 5.41) is 8.63. The summed E-state index contributed by atoms with van der Waals surface area (Å²) in [6, 6.07) is 10.5. The standard InChI is InChI=1S/C18H21N3O/c1-21-11-9-14(10-12-21)16(13-5-3-2-4-6-13)18-20-19-17(22-18)15-7-8-15/h2-6,15H,7-12H2,1H3. The summed E-state index contributed by atoms with van der Waals surface area (Å²) in [4.78, 5) is 2.37. The SMILES string of the molecule is CN1CCC(=C(c2ccccc2)c2nnc(C3CC3)o2)CC1. The maximum Gasteiger partial charge on any atom is 0.248 e. The van der Waals surface area contributed by atoms with Crippen molar-refractivity contribution >= 4 is 5.57 Å². The predicted octanol–water partition coefficient (Wildman–Crippen LogP) is 3.47. The second-order valence-corrected chi connectivity index (χ2v) is 6.37. The molecule has 1 aromatic heterocycles. The van der Waals surface area contributed by atoms with Gasteiger partial charge in [0.05, 0.1) is 0 Å². The van der Waals surface area contributed by atoms with E-state index in [1.165, 1.54) is 24.0 Å². The molecule has 0 unspecified atom stereocenters. The minimum Gasteiger partial charge on any atom is -0.420 e. The Morgan fingerprint density at radius 3 is 2.50 bits per heavy atom. The summed E-state index contributed by atoms with van der Waals surface area (Å²) in [6.07, 6.45) is 4.51. The van der Waals surface area contributed by atoms with Crippen LogP contribution in [0.25, 0.3) is 5.57 Å². The van der Waals surface area contributed by atoms with Crippen LogP contribution in [0.5, 0.6) is 0 Å². The Morgan fingerprint density at radius 2 is 1.82 bits per heavy atom. The van der Waals surface area contributed by atoms with Gasteiger partial charge in [-0.2, -0.15) is 0 Å². The molecule has 1 saturated heterocycles.